The molecule has 2 saturated heterocycles. The number of anilines is 2. The van der Waals surface area contributed by atoms with E-state index < -0.39 is 10.0 Å². The molecule has 3 aliphatic rings. The molecule has 3 fully saturated rings. The highest BCUT2D eigenvalue weighted by atomic mass is 32.2. The summed E-state index contributed by atoms with van der Waals surface area (Å²) in [6, 6.07) is 7.51. The van der Waals surface area contributed by atoms with Crippen molar-refractivity contribution in [1.29, 1.82) is 0 Å². The Bertz CT molecular complexity index is 1480. The van der Waals surface area contributed by atoms with Gasteiger partial charge in [0, 0.05) is 43.5 Å². The molecule has 1 N–H and O–H groups in total. The van der Waals surface area contributed by atoms with Crippen LogP contribution in [0.4, 0.5) is 11.4 Å². The van der Waals surface area contributed by atoms with Gasteiger partial charge in [-0.15, -0.1) is 0 Å². The Hall–Kier alpha value is -3.60. The molecule has 5 heterocycles. The van der Waals surface area contributed by atoms with Gasteiger partial charge in [-0.1, -0.05) is 0 Å². The van der Waals surface area contributed by atoms with E-state index in [0.29, 0.717) is 22.8 Å². The molecule has 176 valence electrons. The minimum absolute atomic E-state index is 0.0279. The van der Waals surface area contributed by atoms with Crippen LogP contribution >= 0.6 is 0 Å². The molecule has 0 amide bonds. The van der Waals surface area contributed by atoms with Crippen LogP contribution in [0.5, 0.6) is 5.75 Å². The topological polar surface area (TPSA) is 107 Å². The van der Waals surface area contributed by atoms with Crippen molar-refractivity contribution < 1.29 is 13.2 Å². The fourth-order valence-electron chi connectivity index (χ4n) is 5.09. The van der Waals surface area contributed by atoms with Gasteiger partial charge in [-0.05, 0) is 42.9 Å². The summed E-state index contributed by atoms with van der Waals surface area (Å²) in [7, 11) is -0.694. The van der Waals surface area contributed by atoms with Crippen LogP contribution in [0.1, 0.15) is 12.8 Å². The van der Waals surface area contributed by atoms with Gasteiger partial charge in [0.2, 0.25) is 0 Å². The zero-order chi connectivity index (χ0) is 23.4. The highest BCUT2D eigenvalue weighted by Crippen LogP contribution is 2.41. The van der Waals surface area contributed by atoms with Crippen molar-refractivity contribution in [3.8, 4) is 11.6 Å². The first-order valence-electron chi connectivity index (χ1n) is 11.2. The summed E-state index contributed by atoms with van der Waals surface area (Å²) < 4.78 is 37.7. The lowest BCUT2D eigenvalue weighted by atomic mass is 9.71. The van der Waals surface area contributed by atoms with Crippen molar-refractivity contribution in [2.75, 3.05) is 29.8 Å². The van der Waals surface area contributed by atoms with Gasteiger partial charge in [-0.3, -0.25) is 9.40 Å². The predicted octanol–water partition coefficient (Wildman–Crippen LogP) is 2.81. The summed E-state index contributed by atoms with van der Waals surface area (Å²) in [4.78, 5) is 6.83. The molecule has 2 aliphatic heterocycles. The quantitative estimate of drug-likeness (QED) is 0.453. The Balaban J connectivity index is 1.30. The molecule has 1 aliphatic carbocycles. The van der Waals surface area contributed by atoms with Crippen LogP contribution in [0, 0.1) is 11.8 Å². The zero-order valence-corrected chi connectivity index (χ0v) is 19.7. The molecule has 1 saturated carbocycles. The highest BCUT2D eigenvalue weighted by molar-refractivity contribution is 7.92. The maximum Gasteiger partial charge on any atom is 0.265 e. The Morgan fingerprint density at radius 3 is 2.65 bits per heavy atom. The van der Waals surface area contributed by atoms with Crippen LogP contribution in [0.2, 0.25) is 0 Å². The molecule has 11 heteroatoms. The van der Waals surface area contributed by atoms with E-state index in [1.807, 2.05) is 18.2 Å². The molecule has 34 heavy (non-hydrogen) atoms. The summed E-state index contributed by atoms with van der Waals surface area (Å²) in [5.74, 6) is 2.54. The van der Waals surface area contributed by atoms with E-state index in [4.69, 9.17) is 4.74 Å². The van der Waals surface area contributed by atoms with Gasteiger partial charge in [-0.25, -0.2) is 18.1 Å². The number of rotatable bonds is 6. The first-order chi connectivity index (χ1) is 16.4. The molecule has 2 bridgehead atoms. The first-order valence-corrected chi connectivity index (χ1v) is 12.7. The van der Waals surface area contributed by atoms with Crippen molar-refractivity contribution >= 4 is 32.3 Å². The Kier molecular flexibility index (Phi) is 4.76. The third kappa shape index (κ3) is 3.47. The van der Waals surface area contributed by atoms with Gasteiger partial charge < -0.3 is 9.64 Å². The normalized spacial score (nSPS) is 19.8. The lowest BCUT2D eigenvalue weighted by Crippen LogP contribution is -2.48. The molecule has 4 aromatic rings. The maximum absolute atomic E-state index is 13.3. The lowest BCUT2D eigenvalue weighted by Gasteiger charge is -2.48. The third-order valence-corrected chi connectivity index (χ3v) is 8.11. The molecular weight excluding hydrogens is 454 g/mol. The van der Waals surface area contributed by atoms with Crippen molar-refractivity contribution in [2.24, 2.45) is 18.9 Å². The summed E-state index contributed by atoms with van der Waals surface area (Å²) in [5.41, 5.74) is 2.05. The van der Waals surface area contributed by atoms with Crippen LogP contribution in [0.3, 0.4) is 0 Å². The molecule has 0 radical (unpaired) electrons. The number of pyridine rings is 1. The fraction of sp³-hybridized carbons (Fsp3) is 0.348. The fourth-order valence-corrected chi connectivity index (χ4v) is 6.10. The van der Waals surface area contributed by atoms with E-state index in [2.05, 4.69) is 24.8 Å². The number of aryl methyl sites for hydroxylation is 1. The first kappa shape index (κ1) is 21.0. The van der Waals surface area contributed by atoms with Gasteiger partial charge in [0.25, 0.3) is 10.0 Å². The largest absolute Gasteiger partial charge is 0.494 e. The standard InChI is InChI=1S/C23H25N7O3S/c1-28-23-17(10-25-28)3-4-20(33-2)22(23)27-34(31,32)19-11-26-30(14-19)21-9-18(5-6-24-21)29-12-15-7-16(8-15)13-29/h3-6,9-11,14-16,27H,7-8,12-13H2,1-2H3. The number of sulfonamides is 1. The van der Waals surface area contributed by atoms with E-state index >= 15 is 0 Å². The summed E-state index contributed by atoms with van der Waals surface area (Å²) in [6.07, 6.45) is 8.88. The average molecular weight is 480 g/mol. The number of fused-ring (bicyclic) bond motifs is 3. The number of aromatic nitrogens is 5. The smallest absolute Gasteiger partial charge is 0.265 e. The molecular formula is C23H25N7O3S. The van der Waals surface area contributed by atoms with Crippen molar-refractivity contribution in [3.05, 3.63) is 49.1 Å². The Labute approximate surface area is 197 Å². The summed E-state index contributed by atoms with van der Waals surface area (Å²) >= 11 is 0. The van der Waals surface area contributed by atoms with Gasteiger partial charge >= 0.3 is 0 Å². The van der Waals surface area contributed by atoms with Gasteiger partial charge in [0.1, 0.15) is 16.3 Å². The number of nitrogens with one attached hydrogen (secondary N) is 1. The number of nitrogens with zero attached hydrogens (tertiary/aromatic N) is 6. The monoisotopic (exact) mass is 479 g/mol. The summed E-state index contributed by atoms with van der Waals surface area (Å²) in [6.45, 7) is 2.12. The average Bonchev–Trinajstić information content (AvgIpc) is 3.47. The second kappa shape index (κ2) is 7.73. The van der Waals surface area contributed by atoms with Gasteiger partial charge in [-0.2, -0.15) is 10.2 Å². The summed E-state index contributed by atoms with van der Waals surface area (Å²) in [5, 5.41) is 9.31. The second-order valence-corrected chi connectivity index (χ2v) is 10.7. The maximum atomic E-state index is 13.3. The SMILES string of the molecule is COc1ccc2cnn(C)c2c1NS(=O)(=O)c1cnn(-c2cc(N3CC4CC(C4)C3)ccn2)c1. The third-order valence-electron chi connectivity index (χ3n) is 6.81. The molecule has 1 aromatic carbocycles. The number of benzene rings is 1. The number of piperidine rings is 2. The molecule has 7 rings (SSSR count). The molecule has 0 spiro atoms. The number of ether oxygens (including phenoxy) is 1. The van der Waals surface area contributed by atoms with Crippen LogP contribution in [-0.4, -0.2) is 53.2 Å². The van der Waals surface area contributed by atoms with Crippen molar-refractivity contribution in [3.63, 3.8) is 0 Å². The van der Waals surface area contributed by atoms with E-state index in [1.165, 1.54) is 37.0 Å². The Morgan fingerprint density at radius 2 is 1.88 bits per heavy atom. The van der Waals surface area contributed by atoms with Crippen LogP contribution in [0.15, 0.2) is 53.9 Å². The van der Waals surface area contributed by atoms with E-state index in [0.717, 1.165) is 36.0 Å². The van der Waals surface area contributed by atoms with E-state index in [9.17, 15) is 8.42 Å². The number of methoxy groups -OCH3 is 1. The van der Waals surface area contributed by atoms with Crippen LogP contribution in [-0.2, 0) is 17.1 Å². The van der Waals surface area contributed by atoms with E-state index in [1.54, 1.807) is 30.2 Å². The lowest BCUT2D eigenvalue weighted by molar-refractivity contribution is 0.159. The molecule has 3 aromatic heterocycles. The molecule has 0 unspecified atom stereocenters. The molecule has 0 atom stereocenters. The minimum atomic E-state index is -3.94. The van der Waals surface area contributed by atoms with Crippen LogP contribution in [0.25, 0.3) is 16.7 Å². The zero-order valence-electron chi connectivity index (χ0n) is 18.9. The number of hydrogen-bond acceptors (Lipinski definition) is 7. The van der Waals surface area contributed by atoms with E-state index in [-0.39, 0.29) is 4.90 Å². The van der Waals surface area contributed by atoms with Crippen molar-refractivity contribution in [1.82, 2.24) is 24.5 Å². The van der Waals surface area contributed by atoms with Crippen molar-refractivity contribution in [2.45, 2.75) is 17.7 Å². The predicted molar refractivity (Wildman–Crippen MR) is 128 cm³/mol. The van der Waals surface area contributed by atoms with Gasteiger partial charge in [0.15, 0.2) is 5.82 Å². The second-order valence-electron chi connectivity index (χ2n) is 9.06. The van der Waals surface area contributed by atoms with Gasteiger partial charge in [0.05, 0.1) is 31.2 Å². The number of hydrogen-bond donors (Lipinski definition) is 1. The Morgan fingerprint density at radius 1 is 1.09 bits per heavy atom. The minimum Gasteiger partial charge on any atom is -0.494 e. The highest BCUT2D eigenvalue weighted by Gasteiger charge is 2.37. The molecule has 10 nitrogen and oxygen atoms in total. The van der Waals surface area contributed by atoms with Crippen LogP contribution < -0.4 is 14.4 Å².